The van der Waals surface area contributed by atoms with E-state index >= 15 is 0 Å². The van der Waals surface area contributed by atoms with Crippen molar-refractivity contribution in [1.29, 1.82) is 0 Å². The van der Waals surface area contributed by atoms with Crippen molar-refractivity contribution in [2.75, 3.05) is 5.73 Å². The van der Waals surface area contributed by atoms with E-state index in [-0.39, 0.29) is 28.7 Å². The summed E-state index contributed by atoms with van der Waals surface area (Å²) in [5, 5.41) is -2.26. The Hall–Kier alpha value is -0.896. The van der Waals surface area contributed by atoms with E-state index in [1.807, 2.05) is 0 Å². The number of nitrogen functional groups attached to an aromatic ring is 1. The molecule has 0 aromatic carbocycles. The van der Waals surface area contributed by atoms with Crippen molar-refractivity contribution < 1.29 is 32.7 Å². The standard InChI is InChI=1S/C26H52N3O8PSi2/c1-14-26(15-2,38(31,32)33)37-25(9)20(36-40(12,13)24(6,7)8)19(35-39(10,11)23(3,4)5)21(34-25)29-17-16-18(27)28-22(29)30/h16-17,19-21H,14-15H2,1-13H3,(H2,27,28,30)(H2,31,32,33)/t19-,20+,21-,25-/m1/s1. The van der Waals surface area contributed by atoms with Gasteiger partial charge in [-0.2, -0.15) is 4.98 Å². The van der Waals surface area contributed by atoms with Gasteiger partial charge in [-0.05, 0) is 62.1 Å². The van der Waals surface area contributed by atoms with Gasteiger partial charge in [0.1, 0.15) is 18.0 Å². The summed E-state index contributed by atoms with van der Waals surface area (Å²) >= 11 is 0. The molecule has 1 saturated heterocycles. The van der Waals surface area contributed by atoms with Gasteiger partial charge in [0.05, 0.1) is 0 Å². The molecule has 1 aliphatic heterocycles. The van der Waals surface area contributed by atoms with E-state index < -0.39 is 59.5 Å². The molecule has 4 N–H and O–H groups in total. The van der Waals surface area contributed by atoms with Crippen LogP contribution in [-0.4, -0.2) is 59.3 Å². The first kappa shape index (κ1) is 35.3. The molecule has 0 radical (unpaired) electrons. The molecule has 2 heterocycles. The van der Waals surface area contributed by atoms with Crippen LogP contribution in [0.1, 0.15) is 81.4 Å². The summed E-state index contributed by atoms with van der Waals surface area (Å²) in [4.78, 5) is 37.9. The fourth-order valence-electron chi connectivity index (χ4n) is 4.29. The van der Waals surface area contributed by atoms with Crippen molar-refractivity contribution in [2.45, 2.75) is 141 Å². The molecule has 0 aliphatic carbocycles. The summed E-state index contributed by atoms with van der Waals surface area (Å²) in [6, 6.07) is 1.49. The van der Waals surface area contributed by atoms with Crippen molar-refractivity contribution in [3.63, 3.8) is 0 Å². The quantitative estimate of drug-likeness (QED) is 0.223. The van der Waals surface area contributed by atoms with Crippen molar-refractivity contribution in [1.82, 2.24) is 9.55 Å². The lowest BCUT2D eigenvalue weighted by Gasteiger charge is -2.47. The minimum Gasteiger partial charge on any atom is -0.406 e. The Morgan fingerprint density at radius 3 is 1.93 bits per heavy atom. The Morgan fingerprint density at radius 1 is 1.05 bits per heavy atom. The highest BCUT2D eigenvalue weighted by molar-refractivity contribution is 7.53. The zero-order valence-corrected chi connectivity index (χ0v) is 29.5. The number of anilines is 1. The zero-order chi connectivity index (χ0) is 31.3. The van der Waals surface area contributed by atoms with Gasteiger partial charge in [0.2, 0.25) is 0 Å². The lowest BCUT2D eigenvalue weighted by molar-refractivity contribution is -0.286. The summed E-state index contributed by atoms with van der Waals surface area (Å²) in [5.41, 5.74) is 5.14. The molecule has 1 aromatic heterocycles. The zero-order valence-electron chi connectivity index (χ0n) is 26.6. The van der Waals surface area contributed by atoms with Crippen LogP contribution >= 0.6 is 7.60 Å². The number of nitrogens with zero attached hydrogens (tertiary/aromatic N) is 2. The van der Waals surface area contributed by atoms with Crippen LogP contribution < -0.4 is 11.4 Å². The average Bonchev–Trinajstić information content (AvgIpc) is 3.00. The van der Waals surface area contributed by atoms with Crippen LogP contribution in [-0.2, 0) is 22.9 Å². The van der Waals surface area contributed by atoms with Gasteiger partial charge < -0.3 is 33.8 Å². The van der Waals surface area contributed by atoms with Crippen LogP contribution in [0.2, 0.25) is 36.3 Å². The summed E-state index contributed by atoms with van der Waals surface area (Å²) in [5.74, 6) is -1.63. The van der Waals surface area contributed by atoms with E-state index in [1.54, 1.807) is 20.8 Å². The average molecular weight is 622 g/mol. The summed E-state index contributed by atoms with van der Waals surface area (Å²) < 4.78 is 41.1. The summed E-state index contributed by atoms with van der Waals surface area (Å²) in [7, 11) is -9.87. The minimum absolute atomic E-state index is 0.0291. The van der Waals surface area contributed by atoms with Gasteiger partial charge in [-0.25, -0.2) is 4.79 Å². The molecule has 40 heavy (non-hydrogen) atoms. The van der Waals surface area contributed by atoms with Crippen LogP contribution in [0.25, 0.3) is 0 Å². The van der Waals surface area contributed by atoms with Gasteiger partial charge in [-0.3, -0.25) is 9.13 Å². The van der Waals surface area contributed by atoms with E-state index in [1.165, 1.54) is 16.8 Å². The molecule has 0 bridgehead atoms. The predicted molar refractivity (Wildman–Crippen MR) is 162 cm³/mol. The monoisotopic (exact) mass is 621 g/mol. The first-order chi connectivity index (χ1) is 17.8. The Bertz CT molecular complexity index is 1150. The van der Waals surface area contributed by atoms with E-state index in [2.05, 4.69) is 72.7 Å². The molecular formula is C26H52N3O8PSi2. The van der Waals surface area contributed by atoms with Gasteiger partial charge in [0.25, 0.3) is 0 Å². The first-order valence-corrected chi connectivity index (χ1v) is 21.3. The van der Waals surface area contributed by atoms with Gasteiger partial charge in [-0.15, -0.1) is 0 Å². The molecule has 232 valence electrons. The molecule has 1 aliphatic rings. The molecule has 2 rings (SSSR count). The third-order valence-electron chi connectivity index (χ3n) is 9.07. The molecule has 0 unspecified atom stereocenters. The van der Waals surface area contributed by atoms with Gasteiger partial charge in [-0.1, -0.05) is 55.4 Å². The number of aromatic nitrogens is 2. The second-order valence-corrected chi connectivity index (χ2v) is 25.4. The number of rotatable bonds is 10. The third-order valence-corrected chi connectivity index (χ3v) is 19.8. The normalized spacial score (nSPS) is 25.4. The lowest BCUT2D eigenvalue weighted by Crippen LogP contribution is -2.58. The van der Waals surface area contributed by atoms with E-state index in [0.717, 1.165) is 0 Å². The molecular weight excluding hydrogens is 569 g/mol. The number of nitrogens with two attached hydrogens (primary N) is 1. The Morgan fingerprint density at radius 2 is 1.52 bits per heavy atom. The first-order valence-electron chi connectivity index (χ1n) is 13.9. The summed E-state index contributed by atoms with van der Waals surface area (Å²) in [6.07, 6.45) is -1.30. The van der Waals surface area contributed by atoms with Crippen molar-refractivity contribution >= 4 is 30.0 Å². The highest BCUT2D eigenvalue weighted by atomic mass is 31.2. The molecule has 1 fully saturated rings. The smallest absolute Gasteiger partial charge is 0.357 e. The lowest BCUT2D eigenvalue weighted by atomic mass is 10.1. The number of hydrogen-bond donors (Lipinski definition) is 3. The molecule has 1 aromatic rings. The molecule has 0 amide bonds. The molecule has 4 atom stereocenters. The van der Waals surface area contributed by atoms with Crippen LogP contribution in [0, 0.1) is 0 Å². The van der Waals surface area contributed by atoms with Crippen LogP contribution in [0.3, 0.4) is 0 Å². The second-order valence-electron chi connectivity index (χ2n) is 14.0. The second kappa shape index (κ2) is 11.3. The Labute approximate surface area is 241 Å². The SMILES string of the molecule is CCC(CC)(O[C@@]1(C)O[C@@H](n2ccc(N)nc2=O)[C@H](O[Si](C)(C)C(C)(C)C)[C@@H]1O[Si](C)(C)C(C)(C)C)P(=O)(O)O. The fraction of sp³-hybridized carbons (Fsp3) is 0.846. The fourth-order valence-corrected chi connectivity index (χ4v) is 8.02. The largest absolute Gasteiger partial charge is 0.406 e. The van der Waals surface area contributed by atoms with Crippen LogP contribution in [0.5, 0.6) is 0 Å². The number of hydrogen-bond acceptors (Lipinski definition) is 8. The summed E-state index contributed by atoms with van der Waals surface area (Å²) in [6.45, 7) is 25.9. The van der Waals surface area contributed by atoms with E-state index in [9.17, 15) is 19.1 Å². The number of ether oxygens (including phenoxy) is 2. The van der Waals surface area contributed by atoms with Crippen molar-refractivity contribution in [3.8, 4) is 0 Å². The third kappa shape index (κ3) is 6.84. The van der Waals surface area contributed by atoms with Gasteiger partial charge in [0.15, 0.2) is 34.0 Å². The molecule has 14 heteroatoms. The highest BCUT2D eigenvalue weighted by Gasteiger charge is 2.64. The van der Waals surface area contributed by atoms with Gasteiger partial charge >= 0.3 is 13.3 Å². The topological polar surface area (TPSA) is 155 Å². The maximum Gasteiger partial charge on any atom is 0.357 e. The maximum absolute atomic E-state index is 13.1. The van der Waals surface area contributed by atoms with E-state index in [4.69, 9.17) is 24.1 Å². The van der Waals surface area contributed by atoms with Crippen LogP contribution in [0.15, 0.2) is 17.1 Å². The Kier molecular flexibility index (Phi) is 9.98. The molecule has 0 spiro atoms. The van der Waals surface area contributed by atoms with Crippen molar-refractivity contribution in [3.05, 3.63) is 22.7 Å². The van der Waals surface area contributed by atoms with E-state index in [0.29, 0.717) is 0 Å². The highest BCUT2D eigenvalue weighted by Crippen LogP contribution is 2.59. The minimum atomic E-state index is -4.78. The Balaban J connectivity index is 2.88. The van der Waals surface area contributed by atoms with Gasteiger partial charge in [0, 0.05) is 6.20 Å². The molecule has 11 nitrogen and oxygen atoms in total. The molecule has 0 saturated carbocycles. The predicted octanol–water partition coefficient (Wildman–Crippen LogP) is 5.56. The van der Waals surface area contributed by atoms with Crippen LogP contribution in [0.4, 0.5) is 5.82 Å². The maximum atomic E-state index is 13.1. The van der Waals surface area contributed by atoms with Crippen molar-refractivity contribution in [2.24, 2.45) is 0 Å².